The quantitative estimate of drug-likeness (QED) is 0.541. The van der Waals surface area contributed by atoms with Crippen LogP contribution < -0.4 is 11.5 Å². The first kappa shape index (κ1) is 16.8. The van der Waals surface area contributed by atoms with E-state index < -0.39 is 26.4 Å². The molecule has 0 saturated carbocycles. The zero-order chi connectivity index (χ0) is 16.7. The average molecular weight is 345 g/mol. The molecule has 2 atom stereocenters. The van der Waals surface area contributed by atoms with Crippen molar-refractivity contribution in [2.45, 2.75) is 31.1 Å². The third-order valence-electron chi connectivity index (χ3n) is 3.07. The Hall–Kier alpha value is -1.52. The Labute approximate surface area is 133 Å². The summed E-state index contributed by atoms with van der Waals surface area (Å²) in [5.41, 5.74) is 11.3. The van der Waals surface area contributed by atoms with E-state index >= 15 is 0 Å². The highest BCUT2D eigenvalue weighted by Gasteiger charge is 2.52. The molecule has 4 N–H and O–H groups in total. The lowest BCUT2D eigenvalue weighted by Gasteiger charge is -2.48. The Morgan fingerprint density at radius 1 is 1.41 bits per heavy atom. The van der Waals surface area contributed by atoms with Gasteiger partial charge in [-0.1, -0.05) is 0 Å². The van der Waals surface area contributed by atoms with Crippen molar-refractivity contribution in [3.8, 4) is 0 Å². The molecule has 2 amide bonds. The summed E-state index contributed by atoms with van der Waals surface area (Å²) in [6.45, 7) is 5.45. The van der Waals surface area contributed by atoms with Crippen LogP contribution in [0.15, 0.2) is 11.3 Å². The van der Waals surface area contributed by atoms with Crippen molar-refractivity contribution in [3.63, 3.8) is 0 Å². The van der Waals surface area contributed by atoms with Gasteiger partial charge in [-0.15, -0.1) is 11.8 Å². The Balaban J connectivity index is 2.30. The second kappa shape index (κ2) is 5.93. The van der Waals surface area contributed by atoms with Gasteiger partial charge in [-0.3, -0.25) is 9.69 Å². The molecule has 0 bridgehead atoms. The molecule has 8 nitrogen and oxygen atoms in total. The molecule has 22 heavy (non-hydrogen) atoms. The van der Waals surface area contributed by atoms with Gasteiger partial charge in [0.25, 0.3) is 0 Å². The van der Waals surface area contributed by atoms with E-state index in [1.54, 1.807) is 0 Å². The van der Waals surface area contributed by atoms with E-state index in [1.165, 1.54) is 16.7 Å². The minimum atomic E-state index is -2.14. The normalized spacial score (nSPS) is 24.5. The van der Waals surface area contributed by atoms with E-state index in [0.29, 0.717) is 11.3 Å². The monoisotopic (exact) mass is 345 g/mol. The molecule has 2 heterocycles. The van der Waals surface area contributed by atoms with Gasteiger partial charge in [0.05, 0.1) is 0 Å². The van der Waals surface area contributed by atoms with Crippen molar-refractivity contribution in [1.29, 1.82) is 0 Å². The molecule has 0 aromatic carbocycles. The minimum Gasteiger partial charge on any atom is -0.515 e. The van der Waals surface area contributed by atoms with Crippen molar-refractivity contribution in [3.05, 3.63) is 11.3 Å². The van der Waals surface area contributed by atoms with E-state index in [0.717, 1.165) is 0 Å². The van der Waals surface area contributed by atoms with Crippen LogP contribution in [0.2, 0.25) is 19.6 Å². The van der Waals surface area contributed by atoms with Gasteiger partial charge in [0.1, 0.15) is 23.7 Å². The van der Waals surface area contributed by atoms with E-state index in [4.69, 9.17) is 20.6 Å². The highest BCUT2D eigenvalue weighted by molar-refractivity contribution is 8.00. The number of amides is 2. The van der Waals surface area contributed by atoms with Crippen LogP contribution in [-0.4, -0.2) is 55.0 Å². The van der Waals surface area contributed by atoms with Crippen LogP contribution in [0.1, 0.15) is 0 Å². The molecule has 0 radical (unpaired) electrons. The number of β-lactam (4-membered cyclic amide) rings is 1. The van der Waals surface area contributed by atoms with Crippen molar-refractivity contribution < 1.29 is 23.5 Å². The van der Waals surface area contributed by atoms with Crippen LogP contribution >= 0.6 is 11.8 Å². The lowest BCUT2D eigenvalue weighted by molar-refractivity contribution is -0.147. The van der Waals surface area contributed by atoms with Gasteiger partial charge in [-0.25, -0.2) is 9.59 Å². The number of nitrogens with two attached hydrogens (primary N) is 2. The molecule has 0 aromatic heterocycles. The van der Waals surface area contributed by atoms with Crippen molar-refractivity contribution >= 4 is 38.0 Å². The first-order valence-corrected chi connectivity index (χ1v) is 11.2. The number of rotatable bonds is 4. The van der Waals surface area contributed by atoms with Crippen LogP contribution in [0.5, 0.6) is 0 Å². The molecule has 0 spiro atoms. The van der Waals surface area contributed by atoms with Crippen molar-refractivity contribution in [2.75, 3.05) is 12.4 Å². The number of ether oxygens (including phenoxy) is 1. The number of fused-ring (bicyclic) bond motifs is 1. The smallest absolute Gasteiger partial charge is 0.404 e. The number of hydrogen-bond donors (Lipinski definition) is 2. The summed E-state index contributed by atoms with van der Waals surface area (Å²) in [6, 6.07) is -0.627. The lowest BCUT2D eigenvalue weighted by atomic mass is 10.0. The van der Waals surface area contributed by atoms with Gasteiger partial charge < -0.3 is 20.6 Å². The van der Waals surface area contributed by atoms with Gasteiger partial charge in [0, 0.05) is 11.3 Å². The Morgan fingerprint density at radius 2 is 2.05 bits per heavy atom. The average Bonchev–Trinajstić information content (AvgIpc) is 2.41. The topological polar surface area (TPSA) is 125 Å². The van der Waals surface area contributed by atoms with Crippen LogP contribution in [0.25, 0.3) is 0 Å². The Bertz CT molecular complexity index is 559. The largest absolute Gasteiger partial charge is 0.515 e. The number of carbonyl (C=O) groups is 3. The second-order valence-electron chi connectivity index (χ2n) is 6.00. The first-order chi connectivity index (χ1) is 10.1. The van der Waals surface area contributed by atoms with Crippen LogP contribution in [-0.2, 0) is 18.8 Å². The fourth-order valence-electron chi connectivity index (χ4n) is 2.16. The molecule has 1 fully saturated rings. The molecule has 0 aliphatic carbocycles. The van der Waals surface area contributed by atoms with Gasteiger partial charge in [-0.2, -0.15) is 0 Å². The fourth-order valence-corrected chi connectivity index (χ4v) is 4.09. The van der Waals surface area contributed by atoms with E-state index in [9.17, 15) is 14.4 Å². The number of carbonyl (C=O) groups excluding carboxylic acids is 3. The predicted octanol–water partition coefficient (Wildman–Crippen LogP) is -0.0437. The SMILES string of the molecule is C[Si](C)(C)OC(=O)C1=C(COC(N)=O)CS[C@@H]2C(N)C(=O)N12. The van der Waals surface area contributed by atoms with E-state index in [1.807, 2.05) is 19.6 Å². The molecule has 2 rings (SSSR count). The molecular weight excluding hydrogens is 326 g/mol. The van der Waals surface area contributed by atoms with Crippen LogP contribution in [0.4, 0.5) is 4.79 Å². The van der Waals surface area contributed by atoms with Gasteiger partial charge >= 0.3 is 12.1 Å². The minimum absolute atomic E-state index is 0.138. The van der Waals surface area contributed by atoms with Crippen molar-refractivity contribution in [1.82, 2.24) is 4.90 Å². The van der Waals surface area contributed by atoms with Gasteiger partial charge in [0.15, 0.2) is 0 Å². The maximum atomic E-state index is 12.4. The Morgan fingerprint density at radius 3 is 2.59 bits per heavy atom. The third kappa shape index (κ3) is 3.28. The molecule has 1 saturated heterocycles. The number of thioether (sulfide) groups is 1. The summed E-state index contributed by atoms with van der Waals surface area (Å²) < 4.78 is 10.2. The standard InChI is InChI=1S/C12H19N3O5SSi/c1-22(2,3)20-11(17)8-6(4-19-12(14)18)5-21-10-7(13)9(16)15(8)10/h7,10H,4-5,13H2,1-3H3,(H2,14,18)/t7?,10-/m1/s1. The second-order valence-corrected chi connectivity index (χ2v) is 11.5. The zero-order valence-corrected chi connectivity index (χ0v) is 14.4. The van der Waals surface area contributed by atoms with Crippen LogP contribution in [0.3, 0.4) is 0 Å². The number of primary amides is 1. The molecule has 2 aliphatic rings. The van der Waals surface area contributed by atoms with Crippen LogP contribution in [0, 0.1) is 0 Å². The molecule has 2 aliphatic heterocycles. The van der Waals surface area contributed by atoms with Crippen molar-refractivity contribution in [2.24, 2.45) is 11.5 Å². The lowest BCUT2D eigenvalue weighted by Crippen LogP contribution is -2.68. The maximum absolute atomic E-state index is 12.4. The third-order valence-corrected chi connectivity index (χ3v) is 5.23. The maximum Gasteiger partial charge on any atom is 0.404 e. The summed E-state index contributed by atoms with van der Waals surface area (Å²) in [5, 5.41) is -0.283. The fraction of sp³-hybridized carbons (Fsp3) is 0.583. The molecule has 1 unspecified atom stereocenters. The summed E-state index contributed by atoms with van der Waals surface area (Å²) in [5.74, 6) is -0.491. The summed E-state index contributed by atoms with van der Waals surface area (Å²) in [6.07, 6.45) is -0.941. The molecular formula is C12H19N3O5SSi. The predicted molar refractivity (Wildman–Crippen MR) is 83.1 cm³/mol. The van der Waals surface area contributed by atoms with E-state index in [-0.39, 0.29) is 23.6 Å². The zero-order valence-electron chi connectivity index (χ0n) is 12.6. The number of hydrogen-bond acceptors (Lipinski definition) is 7. The highest BCUT2D eigenvalue weighted by atomic mass is 32.2. The molecule has 122 valence electrons. The number of nitrogens with zero attached hydrogens (tertiary/aromatic N) is 1. The summed E-state index contributed by atoms with van der Waals surface area (Å²) in [7, 11) is -2.14. The van der Waals surface area contributed by atoms with Gasteiger partial charge in [0.2, 0.25) is 14.2 Å². The molecule has 10 heteroatoms. The summed E-state index contributed by atoms with van der Waals surface area (Å²) in [4.78, 5) is 36.6. The molecule has 0 aromatic rings. The highest BCUT2D eigenvalue weighted by Crippen LogP contribution is 2.40. The summed E-state index contributed by atoms with van der Waals surface area (Å²) >= 11 is 1.42. The Kier molecular flexibility index (Phi) is 4.54. The van der Waals surface area contributed by atoms with E-state index in [2.05, 4.69) is 0 Å². The first-order valence-electron chi connectivity index (χ1n) is 6.69. The van der Waals surface area contributed by atoms with Gasteiger partial charge in [-0.05, 0) is 19.6 Å².